The van der Waals surface area contributed by atoms with E-state index in [9.17, 15) is 9.59 Å². The molecule has 170 valence electrons. The van der Waals surface area contributed by atoms with E-state index in [1.165, 1.54) is 0 Å². The highest BCUT2D eigenvalue weighted by Gasteiger charge is 2.15. The minimum atomic E-state index is -0.550. The Morgan fingerprint density at radius 2 is 1.88 bits per heavy atom. The van der Waals surface area contributed by atoms with Gasteiger partial charge in [-0.1, -0.05) is 30.3 Å². The van der Waals surface area contributed by atoms with Crippen molar-refractivity contribution in [2.24, 2.45) is 7.05 Å². The summed E-state index contributed by atoms with van der Waals surface area (Å²) >= 11 is 0. The minimum Gasteiger partial charge on any atom is -0.491 e. The normalized spacial score (nSPS) is 11.9. The van der Waals surface area contributed by atoms with E-state index >= 15 is 0 Å². The summed E-state index contributed by atoms with van der Waals surface area (Å²) in [4.78, 5) is 29.0. The maximum absolute atomic E-state index is 12.7. The predicted octanol–water partition coefficient (Wildman–Crippen LogP) is 3.41. The van der Waals surface area contributed by atoms with Crippen LogP contribution in [0.2, 0.25) is 0 Å². The third-order valence-electron chi connectivity index (χ3n) is 5.33. The number of amides is 1. The van der Waals surface area contributed by atoms with Gasteiger partial charge in [-0.25, -0.2) is 4.79 Å². The number of nitrogens with zero attached hydrogens (tertiary/aromatic N) is 2. The molecular weight excluding hydrogens is 422 g/mol. The Morgan fingerprint density at radius 3 is 2.67 bits per heavy atom. The Balaban J connectivity index is 1.45. The van der Waals surface area contributed by atoms with Crippen LogP contribution in [0.5, 0.6) is 5.75 Å². The van der Waals surface area contributed by atoms with E-state index in [0.29, 0.717) is 11.1 Å². The number of fused-ring (bicyclic) bond motifs is 3. The van der Waals surface area contributed by atoms with E-state index < -0.39 is 12.1 Å². The van der Waals surface area contributed by atoms with Crippen LogP contribution in [0.15, 0.2) is 71.8 Å². The van der Waals surface area contributed by atoms with Gasteiger partial charge in [0.2, 0.25) is 0 Å². The molecule has 4 aromatic rings. The van der Waals surface area contributed by atoms with Gasteiger partial charge in [-0.05, 0) is 29.1 Å². The lowest BCUT2D eigenvalue weighted by Gasteiger charge is -2.19. The molecule has 1 N–H and O–H groups in total. The number of hydrogen-bond donors (Lipinski definition) is 1. The molecule has 0 unspecified atom stereocenters. The van der Waals surface area contributed by atoms with Crippen LogP contribution in [0.4, 0.5) is 4.79 Å². The Hall–Kier alpha value is -3.91. The summed E-state index contributed by atoms with van der Waals surface area (Å²) in [6.45, 7) is 0.602. The number of nitrogens with one attached hydrogen (secondary N) is 1. The summed E-state index contributed by atoms with van der Waals surface area (Å²) in [7, 11) is 3.27. The summed E-state index contributed by atoms with van der Waals surface area (Å²) in [6.07, 6.45) is 2.70. The van der Waals surface area contributed by atoms with Crippen LogP contribution in [0.3, 0.4) is 0 Å². The summed E-state index contributed by atoms with van der Waals surface area (Å²) < 4.78 is 18.0. The topological polar surface area (TPSA) is 91.7 Å². The minimum absolute atomic E-state index is 0.122. The number of hydrogen-bond acceptors (Lipinski definition) is 6. The summed E-state index contributed by atoms with van der Waals surface area (Å²) in [5, 5.41) is 5.11. The Kier molecular flexibility index (Phi) is 6.85. The number of alkyl carbamates (subject to hydrolysis) is 1. The number of rotatable bonds is 8. The lowest BCUT2D eigenvalue weighted by Crippen LogP contribution is -2.42. The second kappa shape index (κ2) is 10.1. The van der Waals surface area contributed by atoms with Gasteiger partial charge in [-0.3, -0.25) is 9.78 Å². The van der Waals surface area contributed by atoms with Gasteiger partial charge in [-0.2, -0.15) is 0 Å². The molecule has 0 bridgehead atoms. The first-order valence-corrected chi connectivity index (χ1v) is 10.5. The monoisotopic (exact) mass is 447 g/mol. The van der Waals surface area contributed by atoms with Crippen molar-refractivity contribution in [1.82, 2.24) is 14.9 Å². The quantitative estimate of drug-likeness (QED) is 0.416. The molecule has 0 saturated heterocycles. The number of methoxy groups -OCH3 is 1. The van der Waals surface area contributed by atoms with Crippen molar-refractivity contribution in [1.29, 1.82) is 0 Å². The van der Waals surface area contributed by atoms with E-state index in [1.807, 2.05) is 54.6 Å². The SMILES string of the molecule is COC[C@@H](COc1ccc2c3ccncc3c(=O)n(C)c2c1)NC(=O)OCc1ccccc1. The van der Waals surface area contributed by atoms with Crippen molar-refractivity contribution >= 4 is 27.8 Å². The van der Waals surface area contributed by atoms with E-state index in [2.05, 4.69) is 10.3 Å². The van der Waals surface area contributed by atoms with E-state index in [1.54, 1.807) is 31.1 Å². The first kappa shape index (κ1) is 22.3. The maximum atomic E-state index is 12.7. The number of carbonyl (C=O) groups is 1. The van der Waals surface area contributed by atoms with Crippen LogP contribution in [0.25, 0.3) is 21.7 Å². The lowest BCUT2D eigenvalue weighted by molar-refractivity contribution is 0.107. The van der Waals surface area contributed by atoms with Gasteiger partial charge >= 0.3 is 6.09 Å². The van der Waals surface area contributed by atoms with Crippen LogP contribution in [0.1, 0.15) is 5.56 Å². The van der Waals surface area contributed by atoms with Gasteiger partial charge in [0.15, 0.2) is 0 Å². The zero-order valence-electron chi connectivity index (χ0n) is 18.5. The number of aryl methyl sites for hydroxylation is 1. The van der Waals surface area contributed by atoms with Gasteiger partial charge in [0.25, 0.3) is 5.56 Å². The Labute approximate surface area is 190 Å². The van der Waals surface area contributed by atoms with Crippen molar-refractivity contribution in [2.75, 3.05) is 20.3 Å². The van der Waals surface area contributed by atoms with Crippen molar-refractivity contribution < 1.29 is 19.0 Å². The van der Waals surface area contributed by atoms with Gasteiger partial charge < -0.3 is 24.1 Å². The van der Waals surface area contributed by atoms with Gasteiger partial charge in [0.05, 0.1) is 23.6 Å². The zero-order chi connectivity index (χ0) is 23.2. The summed E-state index contributed by atoms with van der Waals surface area (Å²) in [5.74, 6) is 0.575. The average Bonchev–Trinajstić information content (AvgIpc) is 2.85. The van der Waals surface area contributed by atoms with Gasteiger partial charge in [0.1, 0.15) is 19.0 Å². The van der Waals surface area contributed by atoms with Crippen molar-refractivity contribution in [2.45, 2.75) is 12.6 Å². The predicted molar refractivity (Wildman–Crippen MR) is 125 cm³/mol. The molecule has 33 heavy (non-hydrogen) atoms. The highest BCUT2D eigenvalue weighted by molar-refractivity contribution is 6.05. The van der Waals surface area contributed by atoms with E-state index in [4.69, 9.17) is 14.2 Å². The summed E-state index contributed by atoms with van der Waals surface area (Å²) in [5.41, 5.74) is 1.52. The Morgan fingerprint density at radius 1 is 1.06 bits per heavy atom. The maximum Gasteiger partial charge on any atom is 0.407 e. The fraction of sp³-hybridized carbons (Fsp3) is 0.240. The average molecular weight is 447 g/mol. The number of carbonyl (C=O) groups excluding carboxylic acids is 1. The number of aromatic nitrogens is 2. The molecule has 0 saturated carbocycles. The van der Waals surface area contributed by atoms with Crippen LogP contribution >= 0.6 is 0 Å². The first-order valence-electron chi connectivity index (χ1n) is 10.5. The van der Waals surface area contributed by atoms with Crippen molar-refractivity contribution in [3.63, 3.8) is 0 Å². The largest absolute Gasteiger partial charge is 0.491 e. The second-order valence-corrected chi connectivity index (χ2v) is 7.63. The highest BCUT2D eigenvalue weighted by atomic mass is 16.5. The third-order valence-corrected chi connectivity index (χ3v) is 5.33. The van der Waals surface area contributed by atoms with Crippen molar-refractivity contribution in [3.05, 3.63) is 82.9 Å². The molecule has 2 heterocycles. The molecule has 1 amide bonds. The molecule has 0 aliphatic carbocycles. The fourth-order valence-corrected chi connectivity index (χ4v) is 3.66. The highest BCUT2D eigenvalue weighted by Crippen LogP contribution is 2.25. The van der Waals surface area contributed by atoms with Gasteiger partial charge in [-0.15, -0.1) is 0 Å². The smallest absolute Gasteiger partial charge is 0.407 e. The van der Waals surface area contributed by atoms with E-state index in [-0.39, 0.29) is 25.4 Å². The standard InChI is InChI=1S/C25H25N3O5/c1-28-23-12-19(8-9-21(23)20-10-11-26-13-22(20)24(28)29)32-16-18(15-31-2)27-25(30)33-14-17-6-4-3-5-7-17/h3-13,18H,14-16H2,1-2H3,(H,27,30)/t18-/m0/s1. The molecule has 1 atom stereocenters. The third kappa shape index (κ3) is 5.12. The molecule has 4 rings (SSSR count). The lowest BCUT2D eigenvalue weighted by atomic mass is 10.1. The molecule has 2 aromatic heterocycles. The number of benzene rings is 2. The van der Waals surface area contributed by atoms with Crippen molar-refractivity contribution in [3.8, 4) is 5.75 Å². The fourth-order valence-electron chi connectivity index (χ4n) is 3.66. The number of pyridine rings is 2. The number of ether oxygens (including phenoxy) is 3. The van der Waals surface area contributed by atoms with Crippen LogP contribution in [0, 0.1) is 0 Å². The van der Waals surface area contributed by atoms with E-state index in [0.717, 1.165) is 21.9 Å². The first-order chi connectivity index (χ1) is 16.1. The molecule has 8 heteroatoms. The Bertz CT molecular complexity index is 1320. The van der Waals surface area contributed by atoms with Gasteiger partial charge in [0, 0.05) is 38.0 Å². The molecular formula is C25H25N3O5. The van der Waals surface area contributed by atoms with Crippen LogP contribution in [-0.2, 0) is 23.1 Å². The zero-order valence-corrected chi connectivity index (χ0v) is 18.5. The van der Waals surface area contributed by atoms with Crippen LogP contribution < -0.4 is 15.6 Å². The molecule has 8 nitrogen and oxygen atoms in total. The molecule has 0 radical (unpaired) electrons. The second-order valence-electron chi connectivity index (χ2n) is 7.63. The molecule has 0 fully saturated rings. The van der Waals surface area contributed by atoms with Crippen LogP contribution in [-0.4, -0.2) is 42.0 Å². The summed E-state index contributed by atoms with van der Waals surface area (Å²) in [6, 6.07) is 16.4. The molecule has 0 aliphatic heterocycles. The molecule has 0 aliphatic rings. The molecule has 2 aromatic carbocycles. The molecule has 0 spiro atoms.